The SMILES string of the molecule is CCNCc1ccc(C)c(S(=O)(=O)Nc2nnc(C)s2)c1. The van der Waals surface area contributed by atoms with E-state index in [1.165, 1.54) is 11.3 Å². The molecule has 0 saturated heterocycles. The summed E-state index contributed by atoms with van der Waals surface area (Å²) in [6.45, 7) is 7.02. The van der Waals surface area contributed by atoms with E-state index in [2.05, 4.69) is 20.2 Å². The fourth-order valence-corrected chi connectivity index (χ4v) is 3.94. The topological polar surface area (TPSA) is 84.0 Å². The zero-order valence-corrected chi connectivity index (χ0v) is 13.8. The van der Waals surface area contributed by atoms with E-state index in [0.29, 0.717) is 17.1 Å². The molecule has 0 saturated carbocycles. The summed E-state index contributed by atoms with van der Waals surface area (Å²) in [7, 11) is -3.65. The van der Waals surface area contributed by atoms with Crippen molar-refractivity contribution >= 4 is 26.5 Å². The second-order valence-corrected chi connectivity index (χ2v) is 7.44. The van der Waals surface area contributed by atoms with Crippen LogP contribution in [0.15, 0.2) is 23.1 Å². The number of rotatable bonds is 6. The average Bonchev–Trinajstić information content (AvgIpc) is 2.82. The summed E-state index contributed by atoms with van der Waals surface area (Å²) in [5.74, 6) is 0. The molecule has 0 amide bonds. The molecule has 21 heavy (non-hydrogen) atoms. The molecule has 1 heterocycles. The quantitative estimate of drug-likeness (QED) is 0.849. The molecule has 1 aromatic carbocycles. The monoisotopic (exact) mass is 326 g/mol. The van der Waals surface area contributed by atoms with Crippen molar-refractivity contribution in [1.29, 1.82) is 0 Å². The zero-order chi connectivity index (χ0) is 15.5. The molecule has 2 aromatic rings. The summed E-state index contributed by atoms with van der Waals surface area (Å²) in [5.41, 5.74) is 1.63. The van der Waals surface area contributed by atoms with Crippen LogP contribution < -0.4 is 10.0 Å². The number of nitrogens with zero attached hydrogens (tertiary/aromatic N) is 2. The van der Waals surface area contributed by atoms with Crippen molar-refractivity contribution in [1.82, 2.24) is 15.5 Å². The van der Waals surface area contributed by atoms with Gasteiger partial charge in [-0.25, -0.2) is 8.42 Å². The molecule has 1 aromatic heterocycles. The molecule has 0 aliphatic carbocycles. The van der Waals surface area contributed by atoms with E-state index >= 15 is 0 Å². The van der Waals surface area contributed by atoms with Gasteiger partial charge in [-0.2, -0.15) is 0 Å². The molecular weight excluding hydrogens is 308 g/mol. The third kappa shape index (κ3) is 3.99. The molecule has 0 radical (unpaired) electrons. The molecular formula is C13H18N4O2S2. The number of aromatic nitrogens is 2. The molecule has 8 heteroatoms. The molecule has 0 atom stereocenters. The molecule has 0 bridgehead atoms. The van der Waals surface area contributed by atoms with E-state index in [4.69, 9.17) is 0 Å². The number of nitrogens with one attached hydrogen (secondary N) is 2. The number of aryl methyl sites for hydroxylation is 2. The molecule has 2 N–H and O–H groups in total. The highest BCUT2D eigenvalue weighted by molar-refractivity contribution is 7.93. The highest BCUT2D eigenvalue weighted by Gasteiger charge is 2.19. The summed E-state index contributed by atoms with van der Waals surface area (Å²) in [4.78, 5) is 0.269. The van der Waals surface area contributed by atoms with Crippen LogP contribution in [0.5, 0.6) is 0 Å². The number of benzene rings is 1. The van der Waals surface area contributed by atoms with E-state index < -0.39 is 10.0 Å². The van der Waals surface area contributed by atoms with Crippen LogP contribution >= 0.6 is 11.3 Å². The fourth-order valence-electron chi connectivity index (χ4n) is 1.82. The van der Waals surface area contributed by atoms with Crippen molar-refractivity contribution in [3.8, 4) is 0 Å². The minimum atomic E-state index is -3.65. The zero-order valence-electron chi connectivity index (χ0n) is 12.2. The van der Waals surface area contributed by atoms with Gasteiger partial charge in [0.1, 0.15) is 5.01 Å². The van der Waals surface area contributed by atoms with Crippen LogP contribution in [-0.2, 0) is 16.6 Å². The van der Waals surface area contributed by atoms with Crippen LogP contribution in [0.4, 0.5) is 5.13 Å². The molecule has 0 unspecified atom stereocenters. The Morgan fingerprint density at radius 1 is 1.24 bits per heavy atom. The first kappa shape index (κ1) is 15.9. The Bertz CT molecular complexity index is 726. The lowest BCUT2D eigenvalue weighted by Gasteiger charge is -2.10. The van der Waals surface area contributed by atoms with Gasteiger partial charge in [0.15, 0.2) is 0 Å². The van der Waals surface area contributed by atoms with Gasteiger partial charge < -0.3 is 5.32 Å². The maximum Gasteiger partial charge on any atom is 0.263 e. The first-order chi connectivity index (χ1) is 9.92. The molecule has 6 nitrogen and oxygen atoms in total. The Hall–Kier alpha value is -1.51. The minimum absolute atomic E-state index is 0.269. The van der Waals surface area contributed by atoms with Gasteiger partial charge >= 0.3 is 0 Å². The highest BCUT2D eigenvalue weighted by Crippen LogP contribution is 2.22. The number of sulfonamides is 1. The first-order valence-corrected chi connectivity index (χ1v) is 8.85. The maximum absolute atomic E-state index is 12.5. The Kier molecular flexibility index (Phi) is 4.92. The van der Waals surface area contributed by atoms with E-state index in [0.717, 1.165) is 12.1 Å². The van der Waals surface area contributed by atoms with Crippen molar-refractivity contribution < 1.29 is 8.42 Å². The van der Waals surface area contributed by atoms with Crippen molar-refractivity contribution in [3.63, 3.8) is 0 Å². The largest absolute Gasteiger partial charge is 0.313 e. The maximum atomic E-state index is 12.5. The van der Waals surface area contributed by atoms with Gasteiger partial charge in [-0.3, -0.25) is 4.72 Å². The van der Waals surface area contributed by atoms with E-state index in [1.807, 2.05) is 19.1 Å². The standard InChI is InChI=1S/C13H18N4O2S2/c1-4-14-8-11-6-5-9(2)12(7-11)21(18,19)17-13-16-15-10(3)20-13/h5-7,14H,4,8H2,1-3H3,(H,16,17). The lowest BCUT2D eigenvalue weighted by Crippen LogP contribution is -2.16. The molecule has 2 rings (SSSR count). The van der Waals surface area contributed by atoms with Crippen LogP contribution in [0.25, 0.3) is 0 Å². The van der Waals surface area contributed by atoms with Crippen molar-refractivity contribution in [2.75, 3.05) is 11.3 Å². The predicted octanol–water partition coefficient (Wildman–Crippen LogP) is 2.07. The molecule has 114 valence electrons. The van der Waals surface area contributed by atoms with Gasteiger partial charge in [0.2, 0.25) is 5.13 Å². The summed E-state index contributed by atoms with van der Waals surface area (Å²) in [5, 5.41) is 11.8. The lowest BCUT2D eigenvalue weighted by atomic mass is 10.1. The lowest BCUT2D eigenvalue weighted by molar-refractivity contribution is 0.600. The van der Waals surface area contributed by atoms with Crippen LogP contribution in [0.3, 0.4) is 0 Å². The van der Waals surface area contributed by atoms with Crippen molar-refractivity contribution in [3.05, 3.63) is 34.3 Å². The molecule has 0 aliphatic heterocycles. The molecule has 0 fully saturated rings. The van der Waals surface area contributed by atoms with Crippen LogP contribution in [0.2, 0.25) is 0 Å². The second kappa shape index (κ2) is 6.50. The van der Waals surface area contributed by atoms with Crippen LogP contribution in [0.1, 0.15) is 23.1 Å². The Morgan fingerprint density at radius 3 is 2.62 bits per heavy atom. The second-order valence-electron chi connectivity index (χ2n) is 4.61. The van der Waals surface area contributed by atoms with E-state index in [-0.39, 0.29) is 10.0 Å². The number of hydrogen-bond acceptors (Lipinski definition) is 6. The van der Waals surface area contributed by atoms with Gasteiger partial charge in [-0.05, 0) is 37.6 Å². The summed E-state index contributed by atoms with van der Waals surface area (Å²) in [6, 6.07) is 5.42. The Labute approximate surface area is 128 Å². The van der Waals surface area contributed by atoms with Crippen molar-refractivity contribution in [2.45, 2.75) is 32.2 Å². The summed E-state index contributed by atoms with van der Waals surface area (Å²) in [6.07, 6.45) is 0. The summed E-state index contributed by atoms with van der Waals surface area (Å²) >= 11 is 1.21. The average molecular weight is 326 g/mol. The minimum Gasteiger partial charge on any atom is -0.313 e. The van der Waals surface area contributed by atoms with Gasteiger partial charge in [-0.15, -0.1) is 10.2 Å². The number of anilines is 1. The third-order valence-electron chi connectivity index (χ3n) is 2.87. The van der Waals surface area contributed by atoms with Gasteiger partial charge in [-0.1, -0.05) is 30.4 Å². The Balaban J connectivity index is 2.30. The molecule has 0 aliphatic rings. The van der Waals surface area contributed by atoms with Gasteiger partial charge in [0.05, 0.1) is 4.90 Å². The fraction of sp³-hybridized carbons (Fsp3) is 0.385. The normalized spacial score (nSPS) is 11.6. The van der Waals surface area contributed by atoms with Crippen molar-refractivity contribution in [2.24, 2.45) is 0 Å². The summed E-state index contributed by atoms with van der Waals surface area (Å²) < 4.78 is 27.4. The third-order valence-corrected chi connectivity index (χ3v) is 5.23. The van der Waals surface area contributed by atoms with Gasteiger partial charge in [0.25, 0.3) is 10.0 Å². The number of hydrogen-bond donors (Lipinski definition) is 2. The van der Waals surface area contributed by atoms with E-state index in [1.54, 1.807) is 19.9 Å². The Morgan fingerprint density at radius 2 is 2.00 bits per heavy atom. The van der Waals surface area contributed by atoms with Gasteiger partial charge in [0, 0.05) is 6.54 Å². The highest BCUT2D eigenvalue weighted by atomic mass is 32.2. The van der Waals surface area contributed by atoms with Crippen LogP contribution in [-0.4, -0.2) is 25.2 Å². The molecule has 0 spiro atoms. The smallest absolute Gasteiger partial charge is 0.263 e. The van der Waals surface area contributed by atoms with Crippen LogP contribution in [0, 0.1) is 13.8 Å². The van der Waals surface area contributed by atoms with E-state index in [9.17, 15) is 8.42 Å². The first-order valence-electron chi connectivity index (χ1n) is 6.55. The predicted molar refractivity (Wildman–Crippen MR) is 84.0 cm³/mol.